The maximum Gasteiger partial charge on any atom is 0.0948 e. The summed E-state index contributed by atoms with van der Waals surface area (Å²) in [5.74, 6) is 2.04. The summed E-state index contributed by atoms with van der Waals surface area (Å²) < 4.78 is 2.16. The second-order valence-electron chi connectivity index (χ2n) is 5.95. The Kier molecular flexibility index (Phi) is 6.52. The fourth-order valence-electron chi connectivity index (χ4n) is 2.71. The van der Waals surface area contributed by atoms with E-state index in [1.807, 2.05) is 12.5 Å². The molecule has 1 atom stereocenters. The minimum atomic E-state index is 0.197. The summed E-state index contributed by atoms with van der Waals surface area (Å²) in [5, 5.41) is 3.62. The Balaban J connectivity index is 2.67. The van der Waals surface area contributed by atoms with Crippen LogP contribution in [-0.2, 0) is 6.54 Å². The highest BCUT2D eigenvalue weighted by Crippen LogP contribution is 2.21. The zero-order valence-corrected chi connectivity index (χ0v) is 13.1. The fraction of sp³-hybridized carbons (Fsp3) is 0.800. The van der Waals surface area contributed by atoms with Gasteiger partial charge in [0.1, 0.15) is 0 Å². The third-order valence-corrected chi connectivity index (χ3v) is 3.99. The van der Waals surface area contributed by atoms with Gasteiger partial charge in [-0.15, -0.1) is 0 Å². The first-order valence-corrected chi connectivity index (χ1v) is 7.44. The van der Waals surface area contributed by atoms with Crippen molar-refractivity contribution in [2.75, 3.05) is 13.1 Å². The Morgan fingerprint density at radius 3 is 2.37 bits per heavy atom. The maximum absolute atomic E-state index is 5.92. The molecule has 110 valence electrons. The number of nitrogens with one attached hydrogen (secondary N) is 1. The minimum Gasteiger partial charge on any atom is -0.333 e. The molecule has 1 unspecified atom stereocenters. The van der Waals surface area contributed by atoms with E-state index < -0.39 is 0 Å². The molecule has 0 aliphatic heterocycles. The van der Waals surface area contributed by atoms with E-state index in [-0.39, 0.29) is 6.04 Å². The number of nitrogens with zero attached hydrogens (tertiary/aromatic N) is 2. The van der Waals surface area contributed by atoms with Gasteiger partial charge in [0.25, 0.3) is 0 Å². The van der Waals surface area contributed by atoms with E-state index in [0.717, 1.165) is 13.1 Å². The Labute approximate surface area is 117 Å². The van der Waals surface area contributed by atoms with Crippen LogP contribution in [-0.4, -0.2) is 22.6 Å². The molecule has 1 aromatic rings. The van der Waals surface area contributed by atoms with Crippen LogP contribution in [0.15, 0.2) is 12.5 Å². The van der Waals surface area contributed by atoms with Crippen LogP contribution in [0.1, 0.15) is 46.4 Å². The molecule has 0 amide bonds. The molecule has 4 heteroatoms. The number of aryl methyl sites for hydroxylation is 1. The maximum atomic E-state index is 5.92. The van der Waals surface area contributed by atoms with Crippen molar-refractivity contribution in [2.45, 2.75) is 47.2 Å². The molecule has 0 radical (unpaired) electrons. The predicted octanol–water partition coefficient (Wildman–Crippen LogP) is 2.42. The molecule has 3 N–H and O–H groups in total. The summed E-state index contributed by atoms with van der Waals surface area (Å²) in [6.45, 7) is 13.8. The van der Waals surface area contributed by atoms with Crippen molar-refractivity contribution >= 4 is 0 Å². The van der Waals surface area contributed by atoms with Crippen molar-refractivity contribution in [2.24, 2.45) is 23.5 Å². The molecule has 1 aromatic heterocycles. The average Bonchev–Trinajstić information content (AvgIpc) is 2.81. The molecule has 0 fully saturated rings. The summed E-state index contributed by atoms with van der Waals surface area (Å²) in [6, 6.07) is 0.197. The van der Waals surface area contributed by atoms with Crippen LogP contribution in [0.25, 0.3) is 0 Å². The van der Waals surface area contributed by atoms with E-state index in [4.69, 9.17) is 5.73 Å². The molecule has 0 aliphatic rings. The van der Waals surface area contributed by atoms with Crippen molar-refractivity contribution in [3.8, 4) is 0 Å². The van der Waals surface area contributed by atoms with Gasteiger partial charge < -0.3 is 15.6 Å². The first-order chi connectivity index (χ1) is 9.01. The standard InChI is InChI=1S/C15H30N4/c1-6-19-10-17-9-15(19)14(7-16)18-8-13(11(2)3)12(4)5/h9-14,18H,6-8,16H2,1-5H3. The number of aromatic nitrogens is 2. The van der Waals surface area contributed by atoms with Crippen LogP contribution in [0, 0.1) is 17.8 Å². The quantitative estimate of drug-likeness (QED) is 0.760. The lowest BCUT2D eigenvalue weighted by Gasteiger charge is -2.28. The third kappa shape index (κ3) is 4.32. The Morgan fingerprint density at radius 2 is 1.89 bits per heavy atom. The summed E-state index contributed by atoms with van der Waals surface area (Å²) in [4.78, 5) is 4.23. The van der Waals surface area contributed by atoms with Crippen molar-refractivity contribution in [3.63, 3.8) is 0 Å². The molecule has 0 bridgehead atoms. The van der Waals surface area contributed by atoms with Crippen LogP contribution >= 0.6 is 0 Å². The highest BCUT2D eigenvalue weighted by molar-refractivity contribution is 5.06. The number of hydrogen-bond acceptors (Lipinski definition) is 3. The molecule has 0 aliphatic carbocycles. The van der Waals surface area contributed by atoms with Gasteiger partial charge in [-0.25, -0.2) is 4.98 Å². The third-order valence-electron chi connectivity index (χ3n) is 3.99. The smallest absolute Gasteiger partial charge is 0.0948 e. The largest absolute Gasteiger partial charge is 0.333 e. The first kappa shape index (κ1) is 16.2. The zero-order chi connectivity index (χ0) is 14.4. The van der Waals surface area contributed by atoms with E-state index in [1.165, 1.54) is 5.69 Å². The highest BCUT2D eigenvalue weighted by atomic mass is 15.1. The SMILES string of the molecule is CCn1cncc1C(CN)NCC(C(C)C)C(C)C. The lowest BCUT2D eigenvalue weighted by Crippen LogP contribution is -2.36. The summed E-state index contributed by atoms with van der Waals surface area (Å²) in [7, 11) is 0. The Bertz CT molecular complexity index is 349. The van der Waals surface area contributed by atoms with Crippen LogP contribution < -0.4 is 11.1 Å². The van der Waals surface area contributed by atoms with Gasteiger partial charge >= 0.3 is 0 Å². The lowest BCUT2D eigenvalue weighted by atomic mass is 9.85. The van der Waals surface area contributed by atoms with Crippen LogP contribution in [0.3, 0.4) is 0 Å². The van der Waals surface area contributed by atoms with Crippen LogP contribution in [0.5, 0.6) is 0 Å². The number of imidazole rings is 1. The van der Waals surface area contributed by atoms with E-state index in [1.54, 1.807) is 0 Å². The fourth-order valence-corrected chi connectivity index (χ4v) is 2.71. The lowest BCUT2D eigenvalue weighted by molar-refractivity contribution is 0.264. The van der Waals surface area contributed by atoms with E-state index in [0.29, 0.717) is 24.3 Å². The van der Waals surface area contributed by atoms with Gasteiger partial charge in [-0.05, 0) is 31.2 Å². The Morgan fingerprint density at radius 1 is 1.26 bits per heavy atom. The average molecular weight is 266 g/mol. The molecule has 0 aromatic carbocycles. The highest BCUT2D eigenvalue weighted by Gasteiger charge is 2.20. The van der Waals surface area contributed by atoms with Gasteiger partial charge in [-0.3, -0.25) is 0 Å². The number of nitrogens with two attached hydrogens (primary N) is 1. The van der Waals surface area contributed by atoms with Crippen molar-refractivity contribution < 1.29 is 0 Å². The van der Waals surface area contributed by atoms with E-state index >= 15 is 0 Å². The molecule has 1 heterocycles. The summed E-state index contributed by atoms with van der Waals surface area (Å²) in [6.07, 6.45) is 3.80. The van der Waals surface area contributed by atoms with Crippen molar-refractivity contribution in [1.29, 1.82) is 0 Å². The van der Waals surface area contributed by atoms with Gasteiger partial charge in [-0.2, -0.15) is 0 Å². The second kappa shape index (κ2) is 7.65. The first-order valence-electron chi connectivity index (χ1n) is 7.44. The monoisotopic (exact) mass is 266 g/mol. The van der Waals surface area contributed by atoms with Gasteiger partial charge in [0.15, 0.2) is 0 Å². The number of rotatable bonds is 8. The van der Waals surface area contributed by atoms with Gasteiger partial charge in [0.05, 0.1) is 18.1 Å². The molecule has 4 nitrogen and oxygen atoms in total. The van der Waals surface area contributed by atoms with Gasteiger partial charge in [-0.1, -0.05) is 27.7 Å². The van der Waals surface area contributed by atoms with Gasteiger partial charge in [0.2, 0.25) is 0 Å². The second-order valence-corrected chi connectivity index (χ2v) is 5.95. The zero-order valence-electron chi connectivity index (χ0n) is 13.1. The summed E-state index contributed by atoms with van der Waals surface area (Å²) in [5.41, 5.74) is 7.11. The van der Waals surface area contributed by atoms with Crippen LogP contribution in [0.4, 0.5) is 0 Å². The minimum absolute atomic E-state index is 0.197. The number of hydrogen-bond donors (Lipinski definition) is 2. The summed E-state index contributed by atoms with van der Waals surface area (Å²) >= 11 is 0. The molecule has 19 heavy (non-hydrogen) atoms. The normalized spacial score (nSPS) is 13.7. The van der Waals surface area contributed by atoms with Crippen LogP contribution in [0.2, 0.25) is 0 Å². The van der Waals surface area contributed by atoms with Gasteiger partial charge in [0, 0.05) is 19.3 Å². The molecule has 0 saturated heterocycles. The molecule has 0 saturated carbocycles. The van der Waals surface area contributed by atoms with Crippen molar-refractivity contribution in [1.82, 2.24) is 14.9 Å². The van der Waals surface area contributed by atoms with E-state index in [9.17, 15) is 0 Å². The van der Waals surface area contributed by atoms with E-state index in [2.05, 4.69) is 49.5 Å². The predicted molar refractivity (Wildman–Crippen MR) is 80.9 cm³/mol. The Hall–Kier alpha value is -0.870. The molecular formula is C15H30N4. The molecule has 0 spiro atoms. The topological polar surface area (TPSA) is 55.9 Å². The van der Waals surface area contributed by atoms with Crippen molar-refractivity contribution in [3.05, 3.63) is 18.2 Å². The molecule has 1 rings (SSSR count). The molecular weight excluding hydrogens is 236 g/mol.